The van der Waals surface area contributed by atoms with Crippen LogP contribution in [0.3, 0.4) is 0 Å². The third-order valence-corrected chi connectivity index (χ3v) is 4.46. The molecule has 0 fully saturated rings. The highest BCUT2D eigenvalue weighted by Crippen LogP contribution is 2.19. The number of guanidine groups is 1. The van der Waals surface area contributed by atoms with E-state index in [9.17, 15) is 0 Å². The number of benzene rings is 1. The summed E-state index contributed by atoms with van der Waals surface area (Å²) in [5, 5.41) is 6.68. The van der Waals surface area contributed by atoms with Crippen LogP contribution in [-0.4, -0.2) is 40.7 Å². The number of hydrogen-bond donors (Lipinski definition) is 2. The SMILES string of the molecule is CCNC(=NCc1ccc(-n2ccnc2)nc1)NCCc1cc(C)ccc1OC. The van der Waals surface area contributed by atoms with E-state index in [0.29, 0.717) is 6.54 Å². The second-order valence-electron chi connectivity index (χ2n) is 6.68. The summed E-state index contributed by atoms with van der Waals surface area (Å²) in [5.74, 6) is 2.55. The van der Waals surface area contributed by atoms with Crippen LogP contribution in [0.2, 0.25) is 0 Å². The summed E-state index contributed by atoms with van der Waals surface area (Å²) < 4.78 is 7.33. The summed E-state index contributed by atoms with van der Waals surface area (Å²) in [4.78, 5) is 13.2. The third-order valence-electron chi connectivity index (χ3n) is 4.46. The van der Waals surface area contributed by atoms with Gasteiger partial charge in [-0.3, -0.25) is 4.57 Å². The fourth-order valence-corrected chi connectivity index (χ4v) is 2.99. The van der Waals surface area contributed by atoms with Crippen molar-refractivity contribution in [3.05, 3.63) is 71.9 Å². The summed E-state index contributed by atoms with van der Waals surface area (Å²) in [6.07, 6.45) is 8.05. The minimum absolute atomic E-state index is 0.556. The van der Waals surface area contributed by atoms with E-state index in [1.807, 2.05) is 35.2 Å². The second-order valence-corrected chi connectivity index (χ2v) is 6.68. The molecule has 0 spiro atoms. The van der Waals surface area contributed by atoms with Gasteiger partial charge < -0.3 is 15.4 Å². The monoisotopic (exact) mass is 392 g/mol. The van der Waals surface area contributed by atoms with E-state index in [4.69, 9.17) is 4.74 Å². The van der Waals surface area contributed by atoms with Crippen LogP contribution in [0, 0.1) is 6.92 Å². The normalized spacial score (nSPS) is 11.3. The summed E-state index contributed by atoms with van der Waals surface area (Å²) in [5.41, 5.74) is 3.47. The highest BCUT2D eigenvalue weighted by molar-refractivity contribution is 5.79. The van der Waals surface area contributed by atoms with Crippen LogP contribution in [0.15, 0.2) is 60.2 Å². The molecule has 0 unspecified atom stereocenters. The van der Waals surface area contributed by atoms with Gasteiger partial charge in [-0.2, -0.15) is 0 Å². The Hall–Kier alpha value is -3.35. The number of methoxy groups -OCH3 is 1. The highest BCUT2D eigenvalue weighted by Gasteiger charge is 2.04. The molecule has 0 saturated carbocycles. The van der Waals surface area contributed by atoms with E-state index in [2.05, 4.69) is 51.6 Å². The number of aliphatic imine (C=N–C) groups is 1. The largest absolute Gasteiger partial charge is 0.496 e. The van der Waals surface area contributed by atoms with E-state index in [-0.39, 0.29) is 0 Å². The number of hydrogen-bond acceptors (Lipinski definition) is 4. The third kappa shape index (κ3) is 5.81. The van der Waals surface area contributed by atoms with Crippen LogP contribution in [0.1, 0.15) is 23.6 Å². The molecule has 152 valence electrons. The molecule has 7 heteroatoms. The fraction of sp³-hybridized carbons (Fsp3) is 0.318. The summed E-state index contributed by atoms with van der Waals surface area (Å²) in [7, 11) is 1.71. The van der Waals surface area contributed by atoms with Gasteiger partial charge in [0.2, 0.25) is 0 Å². The maximum atomic E-state index is 5.46. The Morgan fingerprint density at radius 2 is 2.10 bits per heavy atom. The smallest absolute Gasteiger partial charge is 0.191 e. The molecular weight excluding hydrogens is 364 g/mol. The first-order valence-corrected chi connectivity index (χ1v) is 9.78. The van der Waals surface area contributed by atoms with Crippen LogP contribution < -0.4 is 15.4 Å². The average Bonchev–Trinajstić information content (AvgIpc) is 3.27. The number of imidazole rings is 1. The Morgan fingerprint density at radius 3 is 2.79 bits per heavy atom. The molecule has 2 N–H and O–H groups in total. The average molecular weight is 393 g/mol. The van der Waals surface area contributed by atoms with E-state index >= 15 is 0 Å². The molecule has 0 aliphatic carbocycles. The predicted molar refractivity (Wildman–Crippen MR) is 116 cm³/mol. The van der Waals surface area contributed by atoms with Gasteiger partial charge in [-0.05, 0) is 43.5 Å². The fourth-order valence-electron chi connectivity index (χ4n) is 2.99. The van der Waals surface area contributed by atoms with Crippen molar-refractivity contribution in [2.24, 2.45) is 4.99 Å². The second kappa shape index (κ2) is 10.3. The quantitative estimate of drug-likeness (QED) is 0.455. The Morgan fingerprint density at radius 1 is 1.21 bits per heavy atom. The molecule has 0 atom stereocenters. The molecule has 0 aliphatic heterocycles. The van der Waals surface area contributed by atoms with Crippen molar-refractivity contribution in [3.63, 3.8) is 0 Å². The van der Waals surface area contributed by atoms with Gasteiger partial charge in [0.1, 0.15) is 17.9 Å². The van der Waals surface area contributed by atoms with Crippen LogP contribution in [0.25, 0.3) is 5.82 Å². The molecule has 0 aliphatic rings. The van der Waals surface area contributed by atoms with Crippen LogP contribution in [0.5, 0.6) is 5.75 Å². The van der Waals surface area contributed by atoms with Gasteiger partial charge in [-0.15, -0.1) is 0 Å². The topological polar surface area (TPSA) is 76.4 Å². The minimum atomic E-state index is 0.556. The van der Waals surface area contributed by atoms with Crippen molar-refractivity contribution in [2.45, 2.75) is 26.8 Å². The maximum absolute atomic E-state index is 5.46. The Bertz CT molecular complexity index is 919. The lowest BCUT2D eigenvalue weighted by Gasteiger charge is -2.13. The standard InChI is InChI=1S/C22H28N6O/c1-4-24-22(25-10-9-19-13-17(2)5-7-20(19)29-3)27-15-18-6-8-21(26-14-18)28-12-11-23-16-28/h5-8,11-14,16H,4,9-10,15H2,1-3H3,(H2,24,25,27). The first kappa shape index (κ1) is 20.4. The molecule has 2 aromatic heterocycles. The van der Waals surface area contributed by atoms with Crippen molar-refractivity contribution in [2.75, 3.05) is 20.2 Å². The number of nitrogens with zero attached hydrogens (tertiary/aromatic N) is 4. The number of nitrogens with one attached hydrogen (secondary N) is 2. The number of ether oxygens (including phenoxy) is 1. The van der Waals surface area contributed by atoms with Crippen molar-refractivity contribution in [1.82, 2.24) is 25.2 Å². The van der Waals surface area contributed by atoms with Gasteiger partial charge in [-0.1, -0.05) is 23.8 Å². The number of rotatable bonds is 8. The van der Waals surface area contributed by atoms with Crippen LogP contribution in [-0.2, 0) is 13.0 Å². The number of aryl methyl sites for hydroxylation is 1. The zero-order valence-electron chi connectivity index (χ0n) is 17.2. The molecule has 0 saturated heterocycles. The van der Waals surface area contributed by atoms with Crippen LogP contribution >= 0.6 is 0 Å². The molecule has 29 heavy (non-hydrogen) atoms. The first-order chi connectivity index (χ1) is 14.2. The van der Waals surface area contributed by atoms with E-state index in [1.165, 1.54) is 11.1 Å². The van der Waals surface area contributed by atoms with Crippen molar-refractivity contribution >= 4 is 5.96 Å². The summed E-state index contributed by atoms with van der Waals surface area (Å²) in [6, 6.07) is 10.2. The zero-order valence-corrected chi connectivity index (χ0v) is 17.2. The Balaban J connectivity index is 1.58. The van der Waals surface area contributed by atoms with Crippen LogP contribution in [0.4, 0.5) is 0 Å². The van der Waals surface area contributed by atoms with Gasteiger partial charge in [-0.25, -0.2) is 15.0 Å². The van der Waals surface area contributed by atoms with Gasteiger partial charge >= 0.3 is 0 Å². The van der Waals surface area contributed by atoms with Gasteiger partial charge in [0.05, 0.1) is 13.7 Å². The predicted octanol–water partition coefficient (Wildman–Crippen LogP) is 2.88. The lowest BCUT2D eigenvalue weighted by atomic mass is 10.1. The van der Waals surface area contributed by atoms with Crippen molar-refractivity contribution < 1.29 is 4.74 Å². The summed E-state index contributed by atoms with van der Waals surface area (Å²) in [6.45, 7) is 6.28. The van der Waals surface area contributed by atoms with Crippen molar-refractivity contribution in [1.29, 1.82) is 0 Å². The lowest BCUT2D eigenvalue weighted by Crippen LogP contribution is -2.38. The molecule has 7 nitrogen and oxygen atoms in total. The number of aromatic nitrogens is 3. The molecule has 3 aromatic rings. The van der Waals surface area contributed by atoms with Gasteiger partial charge in [0, 0.05) is 31.7 Å². The van der Waals surface area contributed by atoms with E-state index in [1.54, 1.807) is 19.6 Å². The van der Waals surface area contributed by atoms with Gasteiger partial charge in [0.25, 0.3) is 0 Å². The molecule has 0 amide bonds. The first-order valence-electron chi connectivity index (χ1n) is 9.78. The Kier molecular flexibility index (Phi) is 7.22. The molecule has 1 aromatic carbocycles. The maximum Gasteiger partial charge on any atom is 0.191 e. The zero-order chi connectivity index (χ0) is 20.5. The van der Waals surface area contributed by atoms with Gasteiger partial charge in [0.15, 0.2) is 5.96 Å². The lowest BCUT2D eigenvalue weighted by molar-refractivity contribution is 0.409. The molecule has 2 heterocycles. The molecule has 0 radical (unpaired) electrons. The van der Waals surface area contributed by atoms with E-state index < -0.39 is 0 Å². The molecular formula is C22H28N6O. The van der Waals surface area contributed by atoms with E-state index in [0.717, 1.165) is 42.6 Å². The number of pyridine rings is 1. The highest BCUT2D eigenvalue weighted by atomic mass is 16.5. The summed E-state index contributed by atoms with van der Waals surface area (Å²) >= 11 is 0. The molecule has 0 bridgehead atoms. The minimum Gasteiger partial charge on any atom is -0.496 e. The molecule has 3 rings (SSSR count). The van der Waals surface area contributed by atoms with Crippen molar-refractivity contribution in [3.8, 4) is 11.6 Å². The Labute approximate surface area is 171 Å².